The third-order valence-corrected chi connectivity index (χ3v) is 3.89. The number of nitrogens with zero attached hydrogens (tertiary/aromatic N) is 2. The Balaban J connectivity index is 1.76. The fourth-order valence-corrected chi connectivity index (χ4v) is 2.73. The Morgan fingerprint density at radius 1 is 1.18 bits per heavy atom. The molecule has 4 heteroatoms. The molecule has 0 aliphatic carbocycles. The van der Waals surface area contributed by atoms with Gasteiger partial charge in [-0.3, -0.25) is 9.69 Å². The van der Waals surface area contributed by atoms with Crippen LogP contribution in [0.4, 0.5) is 0 Å². The standard InChI is InChI=1S/C13H24N2O2/c1-17-12-6-9-15(10-12)13(16)11-14-7-4-2-3-5-8-14/h12H,2-11H2,1H3. The van der Waals surface area contributed by atoms with Gasteiger partial charge in [0, 0.05) is 20.2 Å². The topological polar surface area (TPSA) is 32.8 Å². The van der Waals surface area contributed by atoms with E-state index in [1.54, 1.807) is 7.11 Å². The summed E-state index contributed by atoms with van der Waals surface area (Å²) in [6.45, 7) is 4.44. The summed E-state index contributed by atoms with van der Waals surface area (Å²) in [5, 5.41) is 0. The highest BCUT2D eigenvalue weighted by Crippen LogP contribution is 2.14. The largest absolute Gasteiger partial charge is 0.380 e. The van der Waals surface area contributed by atoms with Gasteiger partial charge in [-0.1, -0.05) is 12.8 Å². The van der Waals surface area contributed by atoms with Crippen molar-refractivity contribution >= 4 is 5.91 Å². The predicted octanol–water partition coefficient (Wildman–Crippen LogP) is 1.11. The zero-order valence-corrected chi connectivity index (χ0v) is 10.9. The van der Waals surface area contributed by atoms with Crippen LogP contribution in [0.1, 0.15) is 32.1 Å². The van der Waals surface area contributed by atoms with Gasteiger partial charge in [-0.25, -0.2) is 0 Å². The molecular weight excluding hydrogens is 216 g/mol. The molecule has 0 radical (unpaired) electrons. The molecular formula is C13H24N2O2. The fraction of sp³-hybridized carbons (Fsp3) is 0.923. The van der Waals surface area contributed by atoms with Crippen molar-refractivity contribution in [3.63, 3.8) is 0 Å². The highest BCUT2D eigenvalue weighted by molar-refractivity contribution is 5.78. The number of rotatable bonds is 3. The molecule has 0 spiro atoms. The van der Waals surface area contributed by atoms with Gasteiger partial charge >= 0.3 is 0 Å². The lowest BCUT2D eigenvalue weighted by atomic mass is 10.2. The fourth-order valence-electron chi connectivity index (χ4n) is 2.73. The van der Waals surface area contributed by atoms with E-state index < -0.39 is 0 Å². The molecule has 1 atom stereocenters. The van der Waals surface area contributed by atoms with Crippen LogP contribution in [0, 0.1) is 0 Å². The summed E-state index contributed by atoms with van der Waals surface area (Å²) in [7, 11) is 1.73. The molecule has 2 fully saturated rings. The summed E-state index contributed by atoms with van der Waals surface area (Å²) in [4.78, 5) is 16.4. The van der Waals surface area contributed by atoms with Crippen LogP contribution in [-0.4, -0.2) is 61.6 Å². The molecule has 1 amide bonds. The number of carbonyl (C=O) groups is 1. The summed E-state index contributed by atoms with van der Waals surface area (Å²) in [6.07, 6.45) is 6.37. The van der Waals surface area contributed by atoms with E-state index in [0.29, 0.717) is 6.54 Å². The average Bonchev–Trinajstić information content (AvgIpc) is 2.68. The Morgan fingerprint density at radius 2 is 1.88 bits per heavy atom. The van der Waals surface area contributed by atoms with Crippen molar-refractivity contribution in [3.8, 4) is 0 Å². The second-order valence-electron chi connectivity index (χ2n) is 5.18. The second-order valence-corrected chi connectivity index (χ2v) is 5.18. The van der Waals surface area contributed by atoms with Crippen molar-refractivity contribution in [3.05, 3.63) is 0 Å². The van der Waals surface area contributed by atoms with Gasteiger partial charge in [-0.05, 0) is 32.4 Å². The number of amides is 1. The Bertz CT molecular complexity index is 250. The van der Waals surface area contributed by atoms with Gasteiger partial charge in [-0.15, -0.1) is 0 Å². The van der Waals surface area contributed by atoms with Crippen LogP contribution in [0.3, 0.4) is 0 Å². The first-order valence-corrected chi connectivity index (χ1v) is 6.82. The highest BCUT2D eigenvalue weighted by atomic mass is 16.5. The monoisotopic (exact) mass is 240 g/mol. The van der Waals surface area contributed by atoms with E-state index in [0.717, 1.165) is 32.6 Å². The SMILES string of the molecule is COC1CCN(C(=O)CN2CCCCCC2)C1. The lowest BCUT2D eigenvalue weighted by Gasteiger charge is -2.23. The highest BCUT2D eigenvalue weighted by Gasteiger charge is 2.26. The third-order valence-electron chi connectivity index (χ3n) is 3.89. The van der Waals surface area contributed by atoms with Crippen molar-refractivity contribution in [2.24, 2.45) is 0 Å². The van der Waals surface area contributed by atoms with Gasteiger partial charge in [0.2, 0.25) is 5.91 Å². The van der Waals surface area contributed by atoms with Gasteiger partial charge in [0.1, 0.15) is 0 Å². The van der Waals surface area contributed by atoms with Crippen LogP contribution < -0.4 is 0 Å². The zero-order chi connectivity index (χ0) is 12.1. The first-order valence-electron chi connectivity index (χ1n) is 6.82. The minimum Gasteiger partial charge on any atom is -0.380 e. The normalized spacial score (nSPS) is 27.1. The summed E-state index contributed by atoms with van der Waals surface area (Å²) in [5.41, 5.74) is 0. The zero-order valence-electron chi connectivity index (χ0n) is 10.9. The molecule has 0 aromatic heterocycles. The van der Waals surface area contributed by atoms with Crippen LogP contribution in [0.5, 0.6) is 0 Å². The van der Waals surface area contributed by atoms with E-state index in [-0.39, 0.29) is 12.0 Å². The molecule has 2 aliphatic heterocycles. The van der Waals surface area contributed by atoms with Crippen molar-refractivity contribution < 1.29 is 9.53 Å². The maximum atomic E-state index is 12.1. The molecule has 0 aromatic rings. The lowest BCUT2D eigenvalue weighted by molar-refractivity contribution is -0.131. The first-order chi connectivity index (χ1) is 8.29. The first kappa shape index (κ1) is 12.8. The molecule has 17 heavy (non-hydrogen) atoms. The number of carbonyl (C=O) groups excluding carboxylic acids is 1. The average molecular weight is 240 g/mol. The van der Waals surface area contributed by atoms with Crippen molar-refractivity contribution in [1.82, 2.24) is 9.80 Å². The van der Waals surface area contributed by atoms with E-state index in [2.05, 4.69) is 4.90 Å². The molecule has 0 saturated carbocycles. The minimum absolute atomic E-state index is 0.253. The van der Waals surface area contributed by atoms with Crippen LogP contribution in [0.2, 0.25) is 0 Å². The molecule has 2 aliphatic rings. The van der Waals surface area contributed by atoms with E-state index >= 15 is 0 Å². The van der Waals surface area contributed by atoms with Crippen LogP contribution >= 0.6 is 0 Å². The Kier molecular flexibility index (Phi) is 4.80. The molecule has 98 valence electrons. The lowest BCUT2D eigenvalue weighted by Crippen LogP contribution is -2.40. The summed E-state index contributed by atoms with van der Waals surface area (Å²) < 4.78 is 5.29. The van der Waals surface area contributed by atoms with Crippen LogP contribution in [-0.2, 0) is 9.53 Å². The smallest absolute Gasteiger partial charge is 0.236 e. The molecule has 2 saturated heterocycles. The third kappa shape index (κ3) is 3.68. The van der Waals surface area contributed by atoms with Gasteiger partial charge in [-0.2, -0.15) is 0 Å². The summed E-state index contributed by atoms with van der Waals surface area (Å²) >= 11 is 0. The van der Waals surface area contributed by atoms with Crippen LogP contribution in [0.25, 0.3) is 0 Å². The minimum atomic E-state index is 0.253. The summed E-state index contributed by atoms with van der Waals surface area (Å²) in [6, 6.07) is 0. The Labute approximate surface area is 104 Å². The number of methoxy groups -OCH3 is 1. The Hall–Kier alpha value is -0.610. The van der Waals surface area contributed by atoms with E-state index in [1.165, 1.54) is 25.7 Å². The van der Waals surface area contributed by atoms with Crippen molar-refractivity contribution in [1.29, 1.82) is 0 Å². The van der Waals surface area contributed by atoms with Gasteiger partial charge in [0.05, 0.1) is 12.6 Å². The summed E-state index contributed by atoms with van der Waals surface area (Å²) in [5.74, 6) is 0.284. The van der Waals surface area contributed by atoms with Gasteiger partial charge < -0.3 is 9.64 Å². The van der Waals surface area contributed by atoms with Crippen molar-refractivity contribution in [2.75, 3.05) is 39.8 Å². The van der Waals surface area contributed by atoms with E-state index in [9.17, 15) is 4.79 Å². The second kappa shape index (κ2) is 6.36. The van der Waals surface area contributed by atoms with Crippen LogP contribution in [0.15, 0.2) is 0 Å². The molecule has 0 N–H and O–H groups in total. The van der Waals surface area contributed by atoms with Crippen molar-refractivity contribution in [2.45, 2.75) is 38.2 Å². The molecule has 2 heterocycles. The maximum absolute atomic E-state index is 12.1. The predicted molar refractivity (Wildman–Crippen MR) is 66.9 cm³/mol. The molecule has 0 bridgehead atoms. The van der Waals surface area contributed by atoms with Gasteiger partial charge in [0.25, 0.3) is 0 Å². The van der Waals surface area contributed by atoms with Gasteiger partial charge in [0.15, 0.2) is 0 Å². The van der Waals surface area contributed by atoms with E-state index in [4.69, 9.17) is 4.74 Å². The number of hydrogen-bond donors (Lipinski definition) is 0. The quantitative estimate of drug-likeness (QED) is 0.741. The molecule has 4 nitrogen and oxygen atoms in total. The molecule has 0 aromatic carbocycles. The van der Waals surface area contributed by atoms with E-state index in [1.807, 2.05) is 4.90 Å². The number of ether oxygens (including phenoxy) is 1. The number of likely N-dealkylation sites (tertiary alicyclic amines) is 2. The molecule has 1 unspecified atom stereocenters. The number of hydrogen-bond acceptors (Lipinski definition) is 3. The molecule has 2 rings (SSSR count). The maximum Gasteiger partial charge on any atom is 0.236 e. The Morgan fingerprint density at radius 3 is 2.47 bits per heavy atom.